The molecule has 4 nitrogen and oxygen atoms in total. The van der Waals surface area contributed by atoms with Crippen LogP contribution >= 0.6 is 15.9 Å². The Morgan fingerprint density at radius 3 is 2.57 bits per heavy atom. The smallest absolute Gasteiger partial charge is 0.258 e. The van der Waals surface area contributed by atoms with Crippen LogP contribution < -0.4 is 10.2 Å². The summed E-state index contributed by atoms with van der Waals surface area (Å²) in [6.45, 7) is 2.31. The normalized spacial score (nSPS) is 13.0. The summed E-state index contributed by atoms with van der Waals surface area (Å²) >= 11 is 3.32. The lowest BCUT2D eigenvalue weighted by atomic mass is 10.00. The van der Waals surface area contributed by atoms with Gasteiger partial charge in [-0.15, -0.1) is 0 Å². The van der Waals surface area contributed by atoms with Crippen LogP contribution in [0.15, 0.2) is 65.1 Å². The van der Waals surface area contributed by atoms with Crippen LogP contribution in [0.5, 0.6) is 0 Å². The van der Waals surface area contributed by atoms with E-state index in [0.717, 1.165) is 24.0 Å². The van der Waals surface area contributed by atoms with Gasteiger partial charge in [-0.3, -0.25) is 9.59 Å². The van der Waals surface area contributed by atoms with Crippen LogP contribution in [0.25, 0.3) is 0 Å². The first-order valence-corrected chi connectivity index (χ1v) is 10.5. The quantitative estimate of drug-likeness (QED) is 0.534. The van der Waals surface area contributed by atoms with Gasteiger partial charge in [0.25, 0.3) is 11.8 Å². The van der Waals surface area contributed by atoms with E-state index in [1.165, 1.54) is 11.0 Å². The van der Waals surface area contributed by atoms with Crippen LogP contribution in [-0.2, 0) is 6.42 Å². The van der Waals surface area contributed by atoms with Crippen LogP contribution in [0.3, 0.4) is 0 Å². The molecule has 0 bridgehead atoms. The standard InChI is InChI=1S/C24H20BrFN2O2/c1-15-9-10-18(13-21(15)27-23(29)16-6-3-2-4-7-16)24(30)28-11-5-8-17-12-19(25)14-20(26)22(17)28/h2-4,6-7,9-10,12-14H,5,8,11H2,1H3,(H,27,29). The van der Waals surface area contributed by atoms with E-state index in [1.54, 1.807) is 42.5 Å². The second-order valence-corrected chi connectivity index (χ2v) is 8.22. The molecule has 0 atom stereocenters. The molecular formula is C24H20BrFN2O2. The van der Waals surface area contributed by atoms with E-state index in [4.69, 9.17) is 0 Å². The second-order valence-electron chi connectivity index (χ2n) is 7.31. The molecule has 0 aliphatic carbocycles. The second kappa shape index (κ2) is 8.40. The molecule has 2 amide bonds. The summed E-state index contributed by atoms with van der Waals surface area (Å²) in [6.07, 6.45) is 1.49. The van der Waals surface area contributed by atoms with Gasteiger partial charge in [-0.05, 0) is 67.3 Å². The Bertz CT molecular complexity index is 1130. The summed E-state index contributed by atoms with van der Waals surface area (Å²) in [5.41, 5.74) is 3.48. The molecule has 3 aromatic carbocycles. The van der Waals surface area contributed by atoms with Crippen molar-refractivity contribution in [3.8, 4) is 0 Å². The molecule has 1 N–H and O–H groups in total. The lowest BCUT2D eigenvalue weighted by molar-refractivity contribution is 0.0981. The van der Waals surface area contributed by atoms with E-state index in [2.05, 4.69) is 21.2 Å². The molecule has 3 aromatic rings. The molecule has 152 valence electrons. The molecule has 1 heterocycles. The molecule has 1 aliphatic rings. The van der Waals surface area contributed by atoms with Gasteiger partial charge in [0.05, 0.1) is 5.69 Å². The predicted molar refractivity (Wildman–Crippen MR) is 120 cm³/mol. The van der Waals surface area contributed by atoms with Gasteiger partial charge in [-0.1, -0.05) is 40.2 Å². The van der Waals surface area contributed by atoms with Crippen molar-refractivity contribution < 1.29 is 14.0 Å². The topological polar surface area (TPSA) is 49.4 Å². The highest BCUT2D eigenvalue weighted by Gasteiger charge is 2.27. The Morgan fingerprint density at radius 2 is 1.80 bits per heavy atom. The van der Waals surface area contributed by atoms with Crippen molar-refractivity contribution >= 4 is 39.1 Å². The fraction of sp³-hybridized carbons (Fsp3) is 0.167. The van der Waals surface area contributed by atoms with Gasteiger partial charge in [-0.2, -0.15) is 0 Å². The number of fused-ring (bicyclic) bond motifs is 1. The first kappa shape index (κ1) is 20.3. The maximum Gasteiger partial charge on any atom is 0.258 e. The Hall–Kier alpha value is -2.99. The zero-order valence-corrected chi connectivity index (χ0v) is 18.0. The number of carbonyl (C=O) groups is 2. The molecule has 0 radical (unpaired) electrons. The highest BCUT2D eigenvalue weighted by Crippen LogP contribution is 2.34. The third-order valence-electron chi connectivity index (χ3n) is 5.22. The van der Waals surface area contributed by atoms with Crippen LogP contribution in [0.1, 0.15) is 38.3 Å². The first-order chi connectivity index (χ1) is 14.4. The number of benzene rings is 3. The zero-order chi connectivity index (χ0) is 21.3. The Labute approximate surface area is 182 Å². The third-order valence-corrected chi connectivity index (χ3v) is 5.68. The molecule has 6 heteroatoms. The fourth-order valence-electron chi connectivity index (χ4n) is 3.68. The van der Waals surface area contributed by atoms with Crippen LogP contribution in [0.4, 0.5) is 15.8 Å². The molecule has 0 aromatic heterocycles. The maximum atomic E-state index is 14.7. The zero-order valence-electron chi connectivity index (χ0n) is 16.4. The number of nitrogens with one attached hydrogen (secondary N) is 1. The van der Waals surface area contributed by atoms with Crippen molar-refractivity contribution in [1.82, 2.24) is 0 Å². The molecule has 4 rings (SSSR count). The lowest BCUT2D eigenvalue weighted by Gasteiger charge is -2.30. The molecule has 1 aliphatic heterocycles. The fourth-order valence-corrected chi connectivity index (χ4v) is 4.16. The number of nitrogens with zero attached hydrogens (tertiary/aromatic N) is 1. The van der Waals surface area contributed by atoms with Crippen molar-refractivity contribution in [3.05, 3.63) is 93.2 Å². The number of aryl methyl sites for hydroxylation is 2. The van der Waals surface area contributed by atoms with Crippen LogP contribution in [0, 0.1) is 12.7 Å². The summed E-state index contributed by atoms with van der Waals surface area (Å²) in [6, 6.07) is 17.3. The number of hydrogen-bond donors (Lipinski definition) is 1. The molecule has 30 heavy (non-hydrogen) atoms. The van der Waals surface area contributed by atoms with E-state index in [0.29, 0.717) is 33.5 Å². The van der Waals surface area contributed by atoms with Crippen molar-refractivity contribution in [1.29, 1.82) is 0 Å². The minimum Gasteiger partial charge on any atom is -0.322 e. The molecule has 0 saturated heterocycles. The third kappa shape index (κ3) is 4.00. The minimum atomic E-state index is -0.419. The van der Waals surface area contributed by atoms with E-state index in [-0.39, 0.29) is 11.8 Å². The van der Waals surface area contributed by atoms with Gasteiger partial charge < -0.3 is 10.2 Å². The molecule has 0 saturated carbocycles. The van der Waals surface area contributed by atoms with Crippen molar-refractivity contribution in [2.24, 2.45) is 0 Å². The Kier molecular flexibility index (Phi) is 5.68. The van der Waals surface area contributed by atoms with Crippen molar-refractivity contribution in [2.75, 3.05) is 16.8 Å². The highest BCUT2D eigenvalue weighted by atomic mass is 79.9. The minimum absolute atomic E-state index is 0.248. The summed E-state index contributed by atoms with van der Waals surface area (Å²) in [5.74, 6) is -0.952. The summed E-state index contributed by atoms with van der Waals surface area (Å²) in [4.78, 5) is 27.3. The van der Waals surface area contributed by atoms with Gasteiger partial charge in [0, 0.05) is 27.8 Å². The monoisotopic (exact) mass is 466 g/mol. The number of rotatable bonds is 3. The number of halogens is 2. The van der Waals surface area contributed by atoms with Crippen molar-refractivity contribution in [2.45, 2.75) is 19.8 Å². The van der Waals surface area contributed by atoms with Crippen LogP contribution in [-0.4, -0.2) is 18.4 Å². The number of carbonyl (C=O) groups excluding carboxylic acids is 2. The molecule has 0 spiro atoms. The largest absolute Gasteiger partial charge is 0.322 e. The summed E-state index contributed by atoms with van der Waals surface area (Å²) in [5, 5.41) is 2.87. The van der Waals surface area contributed by atoms with Gasteiger partial charge in [0.15, 0.2) is 0 Å². The van der Waals surface area contributed by atoms with E-state index in [1.807, 2.05) is 19.1 Å². The Balaban J connectivity index is 1.64. The van der Waals surface area contributed by atoms with E-state index < -0.39 is 5.82 Å². The van der Waals surface area contributed by atoms with Gasteiger partial charge in [-0.25, -0.2) is 4.39 Å². The van der Waals surface area contributed by atoms with Gasteiger partial charge in [0.1, 0.15) is 5.82 Å². The van der Waals surface area contributed by atoms with Crippen LogP contribution in [0.2, 0.25) is 0 Å². The van der Waals surface area contributed by atoms with Crippen molar-refractivity contribution in [3.63, 3.8) is 0 Å². The SMILES string of the molecule is Cc1ccc(C(=O)N2CCCc3cc(Br)cc(F)c32)cc1NC(=O)c1ccccc1. The van der Waals surface area contributed by atoms with Gasteiger partial charge >= 0.3 is 0 Å². The average Bonchev–Trinajstić information content (AvgIpc) is 2.74. The number of amides is 2. The molecule has 0 fully saturated rings. The highest BCUT2D eigenvalue weighted by molar-refractivity contribution is 9.10. The van der Waals surface area contributed by atoms with E-state index in [9.17, 15) is 14.0 Å². The maximum absolute atomic E-state index is 14.7. The molecule has 0 unspecified atom stereocenters. The van der Waals surface area contributed by atoms with E-state index >= 15 is 0 Å². The Morgan fingerprint density at radius 1 is 1.03 bits per heavy atom. The number of anilines is 2. The number of hydrogen-bond acceptors (Lipinski definition) is 2. The van der Waals surface area contributed by atoms with Gasteiger partial charge in [0.2, 0.25) is 0 Å². The predicted octanol–water partition coefficient (Wildman–Crippen LogP) is 5.74. The first-order valence-electron chi connectivity index (χ1n) is 9.71. The molecular weight excluding hydrogens is 447 g/mol. The summed E-state index contributed by atoms with van der Waals surface area (Å²) in [7, 11) is 0. The average molecular weight is 467 g/mol. The summed E-state index contributed by atoms with van der Waals surface area (Å²) < 4.78 is 15.3. The lowest BCUT2D eigenvalue weighted by Crippen LogP contribution is -2.36.